The summed E-state index contributed by atoms with van der Waals surface area (Å²) in [4.78, 5) is 3.45. The molecular weight excluding hydrogens is 211 g/mol. The van der Waals surface area contributed by atoms with E-state index in [1.54, 1.807) is 0 Å². The molecule has 1 rings (SSSR count). The van der Waals surface area contributed by atoms with Crippen LogP contribution in [-0.4, -0.2) is 11.6 Å². The summed E-state index contributed by atoms with van der Waals surface area (Å²) in [7, 11) is 0. The molecule has 1 aromatic heterocycles. The van der Waals surface area contributed by atoms with Gasteiger partial charge in [-0.15, -0.1) is 0 Å². The lowest BCUT2D eigenvalue weighted by Gasteiger charge is -2.04. The maximum atomic E-state index is 11.6. The summed E-state index contributed by atoms with van der Waals surface area (Å²) < 4.78 is 27.3. The number of alkyl halides is 2. The lowest BCUT2D eigenvalue weighted by Crippen LogP contribution is -2.03. The molecule has 0 atom stereocenters. The van der Waals surface area contributed by atoms with Gasteiger partial charge >= 0.3 is 6.61 Å². The molecular formula is C6H3Cl2F2NO. The van der Waals surface area contributed by atoms with Crippen LogP contribution in [0, 0.1) is 0 Å². The average molecular weight is 214 g/mol. The number of hydrogen-bond donors (Lipinski definition) is 0. The number of pyridine rings is 1. The Hall–Kier alpha value is -0.610. The predicted molar refractivity (Wildman–Crippen MR) is 40.9 cm³/mol. The molecule has 2 nitrogen and oxygen atoms in total. The third-order valence-corrected chi connectivity index (χ3v) is 1.45. The number of ether oxygens (including phenoxy) is 1. The second-order valence-corrected chi connectivity index (χ2v) is 2.66. The van der Waals surface area contributed by atoms with Gasteiger partial charge in [0.15, 0.2) is 0 Å². The maximum absolute atomic E-state index is 11.6. The Morgan fingerprint density at radius 3 is 2.58 bits per heavy atom. The average Bonchev–Trinajstić information content (AvgIpc) is 1.94. The van der Waals surface area contributed by atoms with Crippen LogP contribution in [0.3, 0.4) is 0 Å². The minimum atomic E-state index is -2.93. The standard InChI is InChI=1S/C6H3Cl2F2NO/c7-3-1-4(8)5(11-2-3)12-6(9)10/h1-2,6H. The Morgan fingerprint density at radius 2 is 2.08 bits per heavy atom. The van der Waals surface area contributed by atoms with E-state index in [0.717, 1.165) is 0 Å². The monoisotopic (exact) mass is 213 g/mol. The van der Waals surface area contributed by atoms with Crippen molar-refractivity contribution in [2.75, 3.05) is 0 Å². The van der Waals surface area contributed by atoms with Gasteiger partial charge in [0.05, 0.1) is 5.02 Å². The highest BCUT2D eigenvalue weighted by Crippen LogP contribution is 2.25. The zero-order valence-electron chi connectivity index (χ0n) is 5.60. The molecule has 0 saturated heterocycles. The third-order valence-electron chi connectivity index (χ3n) is 0.975. The maximum Gasteiger partial charge on any atom is 0.388 e. The van der Waals surface area contributed by atoms with E-state index >= 15 is 0 Å². The lowest BCUT2D eigenvalue weighted by atomic mass is 10.5. The van der Waals surface area contributed by atoms with E-state index in [9.17, 15) is 8.78 Å². The van der Waals surface area contributed by atoms with Crippen molar-refractivity contribution in [2.45, 2.75) is 6.61 Å². The highest BCUT2D eigenvalue weighted by Gasteiger charge is 2.09. The van der Waals surface area contributed by atoms with Crippen molar-refractivity contribution in [2.24, 2.45) is 0 Å². The van der Waals surface area contributed by atoms with E-state index in [-0.39, 0.29) is 15.9 Å². The third kappa shape index (κ3) is 2.46. The number of hydrogen-bond acceptors (Lipinski definition) is 2. The van der Waals surface area contributed by atoms with Gasteiger partial charge in [-0.2, -0.15) is 8.78 Å². The summed E-state index contributed by atoms with van der Waals surface area (Å²) in [6.45, 7) is -2.93. The fourth-order valence-electron chi connectivity index (χ4n) is 0.573. The van der Waals surface area contributed by atoms with Crippen molar-refractivity contribution in [3.8, 4) is 5.88 Å². The molecule has 0 bridgehead atoms. The van der Waals surface area contributed by atoms with Crippen LogP contribution in [0.25, 0.3) is 0 Å². The van der Waals surface area contributed by atoms with Gasteiger partial charge < -0.3 is 4.74 Å². The van der Waals surface area contributed by atoms with Gasteiger partial charge in [0, 0.05) is 6.20 Å². The molecule has 1 aromatic rings. The molecule has 0 radical (unpaired) electrons. The fraction of sp³-hybridized carbons (Fsp3) is 0.167. The number of halogens is 4. The normalized spacial score (nSPS) is 10.4. The van der Waals surface area contributed by atoms with Gasteiger partial charge in [-0.3, -0.25) is 0 Å². The first kappa shape index (κ1) is 9.48. The molecule has 1 heterocycles. The first-order valence-corrected chi connectivity index (χ1v) is 3.61. The molecule has 0 aliphatic heterocycles. The van der Waals surface area contributed by atoms with Crippen molar-refractivity contribution in [3.63, 3.8) is 0 Å². The highest BCUT2D eigenvalue weighted by atomic mass is 35.5. The van der Waals surface area contributed by atoms with Crippen LogP contribution < -0.4 is 4.74 Å². The van der Waals surface area contributed by atoms with Crippen molar-refractivity contribution < 1.29 is 13.5 Å². The van der Waals surface area contributed by atoms with E-state index in [2.05, 4.69) is 9.72 Å². The van der Waals surface area contributed by atoms with Gasteiger partial charge in [-0.1, -0.05) is 23.2 Å². The van der Waals surface area contributed by atoms with Crippen LogP contribution in [0.1, 0.15) is 0 Å². The van der Waals surface area contributed by atoms with E-state index in [1.807, 2.05) is 0 Å². The molecule has 66 valence electrons. The zero-order valence-corrected chi connectivity index (χ0v) is 7.11. The largest absolute Gasteiger partial charge is 0.415 e. The minimum absolute atomic E-state index is 0.0391. The van der Waals surface area contributed by atoms with Crippen LogP contribution >= 0.6 is 23.2 Å². The van der Waals surface area contributed by atoms with Crippen molar-refractivity contribution in [1.82, 2.24) is 4.98 Å². The summed E-state index contributed by atoms with van der Waals surface area (Å²) in [5.74, 6) is -0.323. The van der Waals surface area contributed by atoms with Gasteiger partial charge in [0.2, 0.25) is 5.88 Å². The minimum Gasteiger partial charge on any atom is -0.415 e. The molecule has 0 unspecified atom stereocenters. The Kier molecular flexibility index (Phi) is 3.05. The second kappa shape index (κ2) is 3.87. The fourth-order valence-corrected chi connectivity index (χ4v) is 0.998. The highest BCUT2D eigenvalue weighted by molar-refractivity contribution is 6.35. The summed E-state index contributed by atoms with van der Waals surface area (Å²) in [5, 5.41) is 0.226. The Labute approximate surface area is 77.1 Å². The molecule has 0 aliphatic rings. The summed E-state index contributed by atoms with van der Waals surface area (Å²) in [6.07, 6.45) is 1.17. The first-order chi connectivity index (χ1) is 5.59. The van der Waals surface area contributed by atoms with Crippen LogP contribution in [-0.2, 0) is 0 Å². The van der Waals surface area contributed by atoms with Crippen molar-refractivity contribution in [3.05, 3.63) is 22.3 Å². The smallest absolute Gasteiger partial charge is 0.388 e. The topological polar surface area (TPSA) is 22.1 Å². The van der Waals surface area contributed by atoms with E-state index < -0.39 is 6.61 Å². The van der Waals surface area contributed by atoms with Crippen LogP contribution in [0.2, 0.25) is 10.0 Å². The Bertz CT molecular complexity index is 282. The second-order valence-electron chi connectivity index (χ2n) is 1.82. The zero-order chi connectivity index (χ0) is 9.14. The van der Waals surface area contributed by atoms with Crippen LogP contribution in [0.15, 0.2) is 12.3 Å². The van der Waals surface area contributed by atoms with Gasteiger partial charge in [0.25, 0.3) is 0 Å². The van der Waals surface area contributed by atoms with E-state index in [1.165, 1.54) is 12.3 Å². The molecule has 0 spiro atoms. The molecule has 12 heavy (non-hydrogen) atoms. The SMILES string of the molecule is FC(F)Oc1ncc(Cl)cc1Cl. The van der Waals surface area contributed by atoms with E-state index in [4.69, 9.17) is 23.2 Å². The van der Waals surface area contributed by atoms with Crippen LogP contribution in [0.5, 0.6) is 5.88 Å². The molecule has 0 saturated carbocycles. The number of aromatic nitrogens is 1. The first-order valence-electron chi connectivity index (χ1n) is 2.85. The summed E-state index contributed by atoms with van der Waals surface area (Å²) >= 11 is 10.9. The Balaban J connectivity index is 2.86. The predicted octanol–water partition coefficient (Wildman–Crippen LogP) is 2.99. The molecule has 6 heteroatoms. The molecule has 0 fully saturated rings. The number of rotatable bonds is 2. The molecule has 0 amide bonds. The van der Waals surface area contributed by atoms with Gasteiger partial charge in [-0.05, 0) is 6.07 Å². The molecule has 0 aromatic carbocycles. The van der Waals surface area contributed by atoms with Crippen molar-refractivity contribution in [1.29, 1.82) is 0 Å². The molecule has 0 aliphatic carbocycles. The summed E-state index contributed by atoms with van der Waals surface area (Å²) in [5.41, 5.74) is 0. The van der Waals surface area contributed by atoms with Gasteiger partial charge in [0.1, 0.15) is 5.02 Å². The Morgan fingerprint density at radius 1 is 1.42 bits per heavy atom. The quantitative estimate of drug-likeness (QED) is 0.754. The van der Waals surface area contributed by atoms with Crippen LogP contribution in [0.4, 0.5) is 8.78 Å². The lowest BCUT2D eigenvalue weighted by molar-refractivity contribution is -0.0527. The summed E-state index contributed by atoms with van der Waals surface area (Å²) in [6, 6.07) is 1.27. The number of nitrogens with zero attached hydrogens (tertiary/aromatic N) is 1. The van der Waals surface area contributed by atoms with Crippen molar-refractivity contribution >= 4 is 23.2 Å². The van der Waals surface area contributed by atoms with Gasteiger partial charge in [-0.25, -0.2) is 4.98 Å². The molecule has 0 N–H and O–H groups in total. The van der Waals surface area contributed by atoms with E-state index in [0.29, 0.717) is 0 Å².